The molecule has 5 nitrogen and oxygen atoms in total. The van der Waals surface area contributed by atoms with Crippen molar-refractivity contribution in [1.29, 1.82) is 0 Å². The van der Waals surface area contributed by atoms with E-state index in [0.29, 0.717) is 10.6 Å². The van der Waals surface area contributed by atoms with Gasteiger partial charge in [-0.2, -0.15) is 0 Å². The third-order valence-electron chi connectivity index (χ3n) is 3.63. The van der Waals surface area contributed by atoms with Crippen LogP contribution in [-0.2, 0) is 9.53 Å². The van der Waals surface area contributed by atoms with Crippen molar-refractivity contribution in [2.75, 3.05) is 7.11 Å². The number of para-hydroxylation sites is 1. The predicted molar refractivity (Wildman–Crippen MR) is 103 cm³/mol. The van der Waals surface area contributed by atoms with E-state index in [1.165, 1.54) is 11.3 Å². The zero-order valence-electron chi connectivity index (χ0n) is 14.4. The Balaban J connectivity index is 1.73. The fourth-order valence-electron chi connectivity index (χ4n) is 2.30. The number of allylic oxidation sites excluding steroid dienone is 1. The maximum Gasteiger partial charge on any atom is 0.373 e. The molecule has 1 aromatic heterocycles. The van der Waals surface area contributed by atoms with E-state index in [1.807, 2.05) is 60.7 Å². The first-order valence-electron chi connectivity index (χ1n) is 8.03. The maximum atomic E-state index is 12.1. The molecule has 0 saturated carbocycles. The predicted octanol–water partition coefficient (Wildman–Crippen LogP) is 5.01. The summed E-state index contributed by atoms with van der Waals surface area (Å²) in [7, 11) is 1.13. The van der Waals surface area contributed by atoms with Gasteiger partial charge in [0.1, 0.15) is 11.5 Å². The highest BCUT2D eigenvalue weighted by molar-refractivity contribution is 7.17. The van der Waals surface area contributed by atoms with Crippen LogP contribution in [0.5, 0.6) is 11.5 Å². The second kappa shape index (κ2) is 8.33. The number of ketones is 1. The van der Waals surface area contributed by atoms with Crippen molar-refractivity contribution in [1.82, 2.24) is 0 Å². The first-order valence-corrected chi connectivity index (χ1v) is 8.85. The SMILES string of the molecule is COC(=O)/C(O)=C/C(=O)c1ccc(-c2ccc(Oc3ccccc3)cc2)s1. The third kappa shape index (κ3) is 4.62. The number of methoxy groups -OCH3 is 1. The number of hydrogen-bond donors (Lipinski definition) is 1. The summed E-state index contributed by atoms with van der Waals surface area (Å²) < 4.78 is 10.1. The normalized spacial score (nSPS) is 11.1. The molecule has 0 radical (unpaired) electrons. The molecule has 0 fully saturated rings. The zero-order chi connectivity index (χ0) is 19.2. The molecule has 0 bridgehead atoms. The van der Waals surface area contributed by atoms with Gasteiger partial charge < -0.3 is 14.6 Å². The molecule has 0 aliphatic heterocycles. The average molecular weight is 380 g/mol. The Bertz CT molecular complexity index is 971. The molecule has 2 aromatic carbocycles. The standard InChI is InChI=1S/C21H16O5S/c1-25-21(24)18(23)13-17(22)20-12-11-19(27-20)14-7-9-16(10-8-14)26-15-5-3-2-4-6-15/h2-13,23H,1H3/b18-13-. The summed E-state index contributed by atoms with van der Waals surface area (Å²) >= 11 is 1.27. The van der Waals surface area contributed by atoms with E-state index in [1.54, 1.807) is 6.07 Å². The van der Waals surface area contributed by atoms with Gasteiger partial charge in [-0.25, -0.2) is 4.79 Å². The second-order valence-corrected chi connectivity index (χ2v) is 6.57. The molecule has 0 saturated heterocycles. The van der Waals surface area contributed by atoms with E-state index in [-0.39, 0.29) is 0 Å². The number of rotatable bonds is 6. The van der Waals surface area contributed by atoms with Crippen LogP contribution >= 0.6 is 11.3 Å². The van der Waals surface area contributed by atoms with Crippen LogP contribution in [0.3, 0.4) is 0 Å². The van der Waals surface area contributed by atoms with Crippen LogP contribution in [0, 0.1) is 0 Å². The molecule has 3 rings (SSSR count). The maximum absolute atomic E-state index is 12.1. The Hall–Kier alpha value is -3.38. The van der Waals surface area contributed by atoms with Crippen molar-refractivity contribution in [3.63, 3.8) is 0 Å². The van der Waals surface area contributed by atoms with Gasteiger partial charge in [0.25, 0.3) is 0 Å². The van der Waals surface area contributed by atoms with Crippen LogP contribution in [0.2, 0.25) is 0 Å². The molecule has 6 heteroatoms. The molecule has 0 atom stereocenters. The first kappa shape index (κ1) is 18.4. The molecule has 136 valence electrons. The lowest BCUT2D eigenvalue weighted by molar-refractivity contribution is -0.139. The van der Waals surface area contributed by atoms with Crippen molar-refractivity contribution in [2.24, 2.45) is 0 Å². The highest BCUT2D eigenvalue weighted by atomic mass is 32.1. The summed E-state index contributed by atoms with van der Waals surface area (Å²) in [4.78, 5) is 24.6. The highest BCUT2D eigenvalue weighted by Crippen LogP contribution is 2.31. The Labute approximate surface area is 160 Å². The van der Waals surface area contributed by atoms with Gasteiger partial charge in [-0.05, 0) is 54.1 Å². The fraction of sp³-hybridized carbons (Fsp3) is 0.0476. The quantitative estimate of drug-likeness (QED) is 0.282. The highest BCUT2D eigenvalue weighted by Gasteiger charge is 2.13. The summed E-state index contributed by atoms with van der Waals surface area (Å²) in [5, 5.41) is 9.48. The number of carbonyl (C=O) groups is 2. The monoisotopic (exact) mass is 380 g/mol. The molecule has 3 aromatic rings. The molecular formula is C21H16O5S. The van der Waals surface area contributed by atoms with E-state index in [4.69, 9.17) is 4.74 Å². The lowest BCUT2D eigenvalue weighted by Gasteiger charge is -2.06. The Morgan fingerprint density at radius 1 is 0.926 bits per heavy atom. The molecule has 0 spiro atoms. The number of carbonyl (C=O) groups excluding carboxylic acids is 2. The number of benzene rings is 2. The minimum absolute atomic E-state index is 0.407. The fourth-order valence-corrected chi connectivity index (χ4v) is 3.22. The van der Waals surface area contributed by atoms with Gasteiger partial charge in [-0.1, -0.05) is 18.2 Å². The van der Waals surface area contributed by atoms with Crippen molar-refractivity contribution in [3.05, 3.63) is 83.4 Å². The Morgan fingerprint density at radius 2 is 1.59 bits per heavy atom. The van der Waals surface area contributed by atoms with Crippen molar-refractivity contribution in [3.8, 4) is 21.9 Å². The number of hydrogen-bond acceptors (Lipinski definition) is 6. The second-order valence-electron chi connectivity index (χ2n) is 5.49. The molecule has 0 amide bonds. The molecule has 0 aliphatic rings. The van der Waals surface area contributed by atoms with Crippen molar-refractivity contribution in [2.45, 2.75) is 0 Å². The molecule has 0 unspecified atom stereocenters. The van der Waals surface area contributed by atoms with Gasteiger partial charge >= 0.3 is 5.97 Å². The molecule has 1 N–H and O–H groups in total. The van der Waals surface area contributed by atoms with E-state index in [9.17, 15) is 14.7 Å². The molecular weight excluding hydrogens is 364 g/mol. The number of aliphatic hydroxyl groups excluding tert-OH is 1. The van der Waals surface area contributed by atoms with E-state index >= 15 is 0 Å². The number of thiophene rings is 1. The van der Waals surface area contributed by atoms with Gasteiger partial charge in [0, 0.05) is 11.0 Å². The summed E-state index contributed by atoms with van der Waals surface area (Å²) in [5.74, 6) is -0.664. The van der Waals surface area contributed by atoms with Crippen LogP contribution in [0.4, 0.5) is 0 Å². The number of ether oxygens (including phenoxy) is 2. The third-order valence-corrected chi connectivity index (χ3v) is 4.78. The van der Waals surface area contributed by atoms with Gasteiger partial charge in [-0.15, -0.1) is 11.3 Å². The number of esters is 1. The van der Waals surface area contributed by atoms with Crippen molar-refractivity contribution >= 4 is 23.1 Å². The molecule has 27 heavy (non-hydrogen) atoms. The summed E-state index contributed by atoms with van der Waals surface area (Å²) in [6.45, 7) is 0. The molecule has 0 aliphatic carbocycles. The lowest BCUT2D eigenvalue weighted by Crippen LogP contribution is -2.06. The minimum Gasteiger partial charge on any atom is -0.502 e. The average Bonchev–Trinajstić information content (AvgIpc) is 3.19. The first-order chi connectivity index (χ1) is 13.1. The lowest BCUT2D eigenvalue weighted by atomic mass is 10.2. The van der Waals surface area contributed by atoms with Crippen molar-refractivity contribution < 1.29 is 24.2 Å². The summed E-state index contributed by atoms with van der Waals surface area (Å²) in [6.07, 6.45) is 0.859. The summed E-state index contributed by atoms with van der Waals surface area (Å²) in [6, 6.07) is 20.5. The van der Waals surface area contributed by atoms with Gasteiger partial charge in [0.15, 0.2) is 5.78 Å². The smallest absolute Gasteiger partial charge is 0.373 e. The van der Waals surface area contributed by atoms with Crippen LogP contribution in [0.15, 0.2) is 78.6 Å². The van der Waals surface area contributed by atoms with Gasteiger partial charge in [0.2, 0.25) is 5.76 Å². The van der Waals surface area contributed by atoms with Gasteiger partial charge in [-0.3, -0.25) is 4.79 Å². The van der Waals surface area contributed by atoms with E-state index in [0.717, 1.165) is 29.4 Å². The minimum atomic E-state index is -0.950. The van der Waals surface area contributed by atoms with Crippen LogP contribution in [0.1, 0.15) is 9.67 Å². The van der Waals surface area contributed by atoms with E-state index in [2.05, 4.69) is 4.74 Å². The van der Waals surface area contributed by atoms with Crippen LogP contribution in [-0.4, -0.2) is 24.0 Å². The van der Waals surface area contributed by atoms with Crippen LogP contribution < -0.4 is 4.74 Å². The van der Waals surface area contributed by atoms with Crippen LogP contribution in [0.25, 0.3) is 10.4 Å². The summed E-state index contributed by atoms with van der Waals surface area (Å²) in [5.41, 5.74) is 0.931. The van der Waals surface area contributed by atoms with Gasteiger partial charge in [0.05, 0.1) is 12.0 Å². The largest absolute Gasteiger partial charge is 0.502 e. The Morgan fingerprint density at radius 3 is 2.26 bits per heavy atom. The van der Waals surface area contributed by atoms with E-state index < -0.39 is 17.5 Å². The number of aliphatic hydroxyl groups is 1. The topological polar surface area (TPSA) is 72.8 Å². The Kier molecular flexibility index (Phi) is 5.68. The molecule has 1 heterocycles. The zero-order valence-corrected chi connectivity index (χ0v) is 15.2.